The van der Waals surface area contributed by atoms with E-state index in [2.05, 4.69) is 51.1 Å². The van der Waals surface area contributed by atoms with Gasteiger partial charge in [0.2, 0.25) is 0 Å². The third-order valence-corrected chi connectivity index (χ3v) is 2.80. The second-order valence-corrected chi connectivity index (χ2v) is 6.16. The van der Waals surface area contributed by atoms with Crippen molar-refractivity contribution in [3.8, 4) is 0 Å². The highest BCUT2D eigenvalue weighted by atomic mass is 19.4. The Morgan fingerprint density at radius 1 is 0.895 bits per heavy atom. The molecule has 110 valence electrons. The number of hydrogen-bond acceptors (Lipinski definition) is 1. The second kappa shape index (κ2) is 6.42. The summed E-state index contributed by atoms with van der Waals surface area (Å²) in [4.78, 5) is 0. The fraction of sp³-hybridized carbons (Fsp3) is 0.600. The fourth-order valence-corrected chi connectivity index (χ4v) is 1.03. The number of hydrogen-bond donors (Lipinski definition) is 1. The minimum Gasteiger partial charge on any atom is -0.395 e. The van der Waals surface area contributed by atoms with E-state index in [1.165, 1.54) is 5.56 Å². The minimum absolute atomic E-state index is 0.293. The van der Waals surface area contributed by atoms with Crippen LogP contribution in [0.4, 0.5) is 13.2 Å². The van der Waals surface area contributed by atoms with E-state index in [-0.39, 0.29) is 0 Å². The zero-order chi connectivity index (χ0) is 15.3. The van der Waals surface area contributed by atoms with Crippen molar-refractivity contribution in [2.75, 3.05) is 6.61 Å². The predicted molar refractivity (Wildman–Crippen MR) is 72.1 cm³/mol. The van der Waals surface area contributed by atoms with Crippen LogP contribution in [0.15, 0.2) is 30.3 Å². The molecule has 1 rings (SSSR count). The van der Waals surface area contributed by atoms with Crippen molar-refractivity contribution in [2.24, 2.45) is 5.41 Å². The third-order valence-electron chi connectivity index (χ3n) is 2.80. The molecule has 0 amide bonds. The molecular weight excluding hydrogens is 253 g/mol. The molecule has 0 atom stereocenters. The lowest BCUT2D eigenvalue weighted by atomic mass is 9.87. The van der Waals surface area contributed by atoms with Gasteiger partial charge < -0.3 is 5.11 Å². The van der Waals surface area contributed by atoms with Crippen molar-refractivity contribution in [1.29, 1.82) is 0 Å². The summed E-state index contributed by atoms with van der Waals surface area (Å²) in [5, 5.41) is 8.21. The molecule has 1 N–H and O–H groups in total. The van der Waals surface area contributed by atoms with Crippen LogP contribution in [-0.2, 0) is 5.41 Å². The molecule has 0 aliphatic heterocycles. The van der Waals surface area contributed by atoms with E-state index in [1.54, 1.807) is 0 Å². The third kappa shape index (κ3) is 6.10. The van der Waals surface area contributed by atoms with E-state index in [9.17, 15) is 13.2 Å². The van der Waals surface area contributed by atoms with Crippen molar-refractivity contribution in [1.82, 2.24) is 0 Å². The Hall–Kier alpha value is -1.03. The van der Waals surface area contributed by atoms with E-state index in [1.807, 2.05) is 0 Å². The van der Waals surface area contributed by atoms with E-state index in [0.29, 0.717) is 5.41 Å². The molecule has 1 nitrogen and oxygen atoms in total. The Kier molecular flexibility index (Phi) is 6.07. The summed E-state index contributed by atoms with van der Waals surface area (Å²) in [7, 11) is 0. The number of rotatable bonds is 1. The first-order chi connectivity index (χ1) is 8.42. The first-order valence-electron chi connectivity index (χ1n) is 6.15. The molecule has 0 radical (unpaired) electrons. The molecule has 0 saturated carbocycles. The van der Waals surface area contributed by atoms with Crippen LogP contribution in [0, 0.1) is 5.41 Å². The van der Waals surface area contributed by atoms with Crippen LogP contribution < -0.4 is 0 Å². The summed E-state index contributed by atoms with van der Waals surface area (Å²) in [5.41, 5.74) is -0.274. The highest BCUT2D eigenvalue weighted by Gasteiger charge is 2.46. The number of halogens is 3. The molecular formula is C15H23F3O. The zero-order valence-corrected chi connectivity index (χ0v) is 12.2. The van der Waals surface area contributed by atoms with Crippen LogP contribution in [0.5, 0.6) is 0 Å². The molecule has 1 aromatic rings. The first kappa shape index (κ1) is 18.0. The fourth-order valence-electron chi connectivity index (χ4n) is 1.03. The maximum atomic E-state index is 11.7. The molecule has 0 aromatic heterocycles. The van der Waals surface area contributed by atoms with E-state index >= 15 is 0 Å². The zero-order valence-electron chi connectivity index (χ0n) is 12.2. The van der Waals surface area contributed by atoms with Gasteiger partial charge in [-0.05, 0) is 24.8 Å². The average Bonchev–Trinajstić information content (AvgIpc) is 2.28. The van der Waals surface area contributed by atoms with Gasteiger partial charge in [-0.15, -0.1) is 0 Å². The number of benzene rings is 1. The molecule has 19 heavy (non-hydrogen) atoms. The smallest absolute Gasteiger partial charge is 0.395 e. The van der Waals surface area contributed by atoms with Gasteiger partial charge >= 0.3 is 6.18 Å². The summed E-state index contributed by atoms with van der Waals surface area (Å²) in [6, 6.07) is 10.6. The Morgan fingerprint density at radius 2 is 1.32 bits per heavy atom. The van der Waals surface area contributed by atoms with Crippen LogP contribution in [-0.4, -0.2) is 17.9 Å². The normalized spacial score (nSPS) is 12.7. The molecule has 0 aliphatic rings. The molecule has 0 heterocycles. The van der Waals surface area contributed by atoms with Gasteiger partial charge in [-0.25, -0.2) is 0 Å². The number of alkyl halides is 3. The quantitative estimate of drug-likeness (QED) is 0.797. The minimum atomic E-state index is -4.30. The van der Waals surface area contributed by atoms with Crippen LogP contribution in [0.25, 0.3) is 0 Å². The summed E-state index contributed by atoms with van der Waals surface area (Å²) >= 11 is 0. The summed E-state index contributed by atoms with van der Waals surface area (Å²) in [5.74, 6) is 0. The van der Waals surface area contributed by atoms with Gasteiger partial charge in [0, 0.05) is 0 Å². The predicted octanol–water partition coefficient (Wildman–Crippen LogP) is 4.55. The first-order valence-corrected chi connectivity index (χ1v) is 6.15. The highest BCUT2D eigenvalue weighted by molar-refractivity contribution is 5.21. The van der Waals surface area contributed by atoms with Crippen molar-refractivity contribution in [3.63, 3.8) is 0 Å². The van der Waals surface area contributed by atoms with E-state index in [4.69, 9.17) is 5.11 Å². The Labute approximate surface area is 113 Å². The maximum Gasteiger partial charge on any atom is 0.396 e. The number of aliphatic hydroxyl groups excluding tert-OH is 1. The van der Waals surface area contributed by atoms with Crippen LogP contribution >= 0.6 is 0 Å². The molecule has 0 bridgehead atoms. The van der Waals surface area contributed by atoms with Gasteiger partial charge in [0.05, 0.1) is 12.0 Å². The van der Waals surface area contributed by atoms with Crippen molar-refractivity contribution in [2.45, 2.75) is 46.2 Å². The SMILES string of the molecule is CC(C)(C)c1ccccc1.CC(C)(CO)C(F)(F)F. The van der Waals surface area contributed by atoms with Crippen LogP contribution in [0.3, 0.4) is 0 Å². The maximum absolute atomic E-state index is 11.7. The average molecular weight is 276 g/mol. The van der Waals surface area contributed by atoms with Crippen molar-refractivity contribution >= 4 is 0 Å². The molecule has 4 heteroatoms. The van der Waals surface area contributed by atoms with Crippen molar-refractivity contribution < 1.29 is 18.3 Å². The molecule has 0 saturated heterocycles. The van der Waals surface area contributed by atoms with E-state index in [0.717, 1.165) is 13.8 Å². The Bertz CT molecular complexity index is 361. The monoisotopic (exact) mass is 276 g/mol. The van der Waals surface area contributed by atoms with Gasteiger partial charge in [0.1, 0.15) is 0 Å². The standard InChI is InChI=1S/C10H14.C5H9F3O/c1-10(2,3)9-7-5-4-6-8-9;1-4(2,3-9)5(6,7)8/h4-8H,1-3H3;9H,3H2,1-2H3. The molecule has 1 aromatic carbocycles. The molecule has 0 fully saturated rings. The summed E-state index contributed by atoms with van der Waals surface area (Å²) in [6.45, 7) is 7.71. The van der Waals surface area contributed by atoms with Gasteiger partial charge in [-0.3, -0.25) is 0 Å². The van der Waals surface area contributed by atoms with E-state index < -0.39 is 18.2 Å². The highest BCUT2D eigenvalue weighted by Crippen LogP contribution is 2.36. The van der Waals surface area contributed by atoms with Crippen LogP contribution in [0.1, 0.15) is 40.2 Å². The summed E-state index contributed by atoms with van der Waals surface area (Å²) < 4.78 is 35.0. The lowest BCUT2D eigenvalue weighted by molar-refractivity contribution is -0.221. The Morgan fingerprint density at radius 3 is 1.47 bits per heavy atom. The van der Waals surface area contributed by atoms with Gasteiger partial charge in [0.25, 0.3) is 0 Å². The lowest BCUT2D eigenvalue weighted by Gasteiger charge is -2.24. The number of aliphatic hydroxyl groups is 1. The molecule has 0 spiro atoms. The summed E-state index contributed by atoms with van der Waals surface area (Å²) in [6.07, 6.45) is -4.30. The molecule has 0 unspecified atom stereocenters. The topological polar surface area (TPSA) is 20.2 Å². The molecule has 0 aliphatic carbocycles. The Balaban J connectivity index is 0.000000344. The van der Waals surface area contributed by atoms with Gasteiger partial charge in [0.15, 0.2) is 0 Å². The van der Waals surface area contributed by atoms with Gasteiger partial charge in [-0.2, -0.15) is 13.2 Å². The largest absolute Gasteiger partial charge is 0.396 e. The lowest BCUT2D eigenvalue weighted by Crippen LogP contribution is -2.35. The van der Waals surface area contributed by atoms with Crippen molar-refractivity contribution in [3.05, 3.63) is 35.9 Å². The van der Waals surface area contributed by atoms with Crippen LogP contribution in [0.2, 0.25) is 0 Å². The van der Waals surface area contributed by atoms with Gasteiger partial charge in [-0.1, -0.05) is 51.1 Å². The second-order valence-electron chi connectivity index (χ2n) is 6.16.